The highest BCUT2D eigenvalue weighted by Gasteiger charge is 2.20. The van der Waals surface area contributed by atoms with Gasteiger partial charge in [-0.25, -0.2) is 4.98 Å². The monoisotopic (exact) mass is 425 g/mol. The Balaban J connectivity index is 1.83. The predicted molar refractivity (Wildman–Crippen MR) is 118 cm³/mol. The fraction of sp³-hybridized carbons (Fsp3) is 0.238. The molecule has 0 aliphatic heterocycles. The van der Waals surface area contributed by atoms with Crippen molar-refractivity contribution in [1.29, 1.82) is 0 Å². The van der Waals surface area contributed by atoms with Crippen LogP contribution < -0.4 is 21.1 Å². The minimum atomic E-state index is -0.731. The van der Waals surface area contributed by atoms with Gasteiger partial charge in [0, 0.05) is 11.8 Å². The maximum absolute atomic E-state index is 12.6. The summed E-state index contributed by atoms with van der Waals surface area (Å²) in [6, 6.07) is 8.58. The summed E-state index contributed by atoms with van der Waals surface area (Å²) in [5.41, 5.74) is 7.56. The SMILES string of the molecule is COc1ccc(C(=O)Nc2sc(Nc3cncc(C(C)(C)C)c3)nc2C(N)=O)cc1. The number of pyridine rings is 1. The number of primary amides is 1. The van der Waals surface area contributed by atoms with Crippen LogP contribution in [0.5, 0.6) is 5.75 Å². The lowest BCUT2D eigenvalue weighted by Crippen LogP contribution is -2.17. The molecule has 1 aromatic carbocycles. The Morgan fingerprint density at radius 1 is 1.13 bits per heavy atom. The molecule has 0 fully saturated rings. The van der Waals surface area contributed by atoms with Crippen molar-refractivity contribution in [2.75, 3.05) is 17.7 Å². The lowest BCUT2D eigenvalue weighted by Gasteiger charge is -2.19. The first-order chi connectivity index (χ1) is 14.2. The third kappa shape index (κ3) is 4.93. The number of rotatable bonds is 6. The highest BCUT2D eigenvalue weighted by Crippen LogP contribution is 2.32. The molecule has 0 spiro atoms. The summed E-state index contributed by atoms with van der Waals surface area (Å²) in [7, 11) is 1.55. The molecule has 8 nitrogen and oxygen atoms in total. The number of ether oxygens (including phenoxy) is 1. The smallest absolute Gasteiger partial charge is 0.270 e. The molecule has 0 atom stereocenters. The van der Waals surface area contributed by atoms with E-state index in [0.717, 1.165) is 22.6 Å². The van der Waals surface area contributed by atoms with E-state index in [4.69, 9.17) is 10.5 Å². The molecule has 3 rings (SSSR count). The van der Waals surface area contributed by atoms with Crippen LogP contribution in [0.15, 0.2) is 42.7 Å². The summed E-state index contributed by atoms with van der Waals surface area (Å²) in [6.45, 7) is 6.28. The fourth-order valence-electron chi connectivity index (χ4n) is 2.58. The van der Waals surface area contributed by atoms with Gasteiger partial charge in [-0.15, -0.1) is 0 Å². The van der Waals surface area contributed by atoms with Gasteiger partial charge in [0.05, 0.1) is 19.0 Å². The van der Waals surface area contributed by atoms with Gasteiger partial charge in [0.25, 0.3) is 11.8 Å². The number of thiazole rings is 1. The molecule has 0 aliphatic carbocycles. The van der Waals surface area contributed by atoms with E-state index in [1.807, 2.05) is 12.3 Å². The zero-order chi connectivity index (χ0) is 21.9. The fourth-order valence-corrected chi connectivity index (χ4v) is 3.47. The molecule has 0 aliphatic rings. The van der Waals surface area contributed by atoms with Gasteiger partial charge in [-0.3, -0.25) is 14.6 Å². The van der Waals surface area contributed by atoms with Crippen molar-refractivity contribution >= 4 is 39.0 Å². The van der Waals surface area contributed by atoms with Crippen LogP contribution in [0.1, 0.15) is 47.2 Å². The largest absolute Gasteiger partial charge is 0.497 e. The second-order valence-electron chi connectivity index (χ2n) is 7.58. The molecule has 156 valence electrons. The van der Waals surface area contributed by atoms with Crippen LogP contribution in [0.2, 0.25) is 0 Å². The van der Waals surface area contributed by atoms with E-state index in [-0.39, 0.29) is 22.0 Å². The zero-order valence-corrected chi connectivity index (χ0v) is 18.0. The van der Waals surface area contributed by atoms with Crippen LogP contribution in [-0.2, 0) is 5.41 Å². The number of hydrogen-bond donors (Lipinski definition) is 3. The Bertz CT molecular complexity index is 1070. The zero-order valence-electron chi connectivity index (χ0n) is 17.1. The number of anilines is 3. The number of amides is 2. The van der Waals surface area contributed by atoms with Crippen molar-refractivity contribution in [3.8, 4) is 5.75 Å². The van der Waals surface area contributed by atoms with Crippen LogP contribution in [0.4, 0.5) is 15.8 Å². The average Bonchev–Trinajstić information content (AvgIpc) is 3.10. The van der Waals surface area contributed by atoms with Gasteiger partial charge in [-0.2, -0.15) is 0 Å². The molecule has 30 heavy (non-hydrogen) atoms. The van der Waals surface area contributed by atoms with Crippen molar-refractivity contribution in [2.24, 2.45) is 5.73 Å². The normalized spacial score (nSPS) is 11.1. The Kier molecular flexibility index (Phi) is 6.02. The molecule has 2 amide bonds. The van der Waals surface area contributed by atoms with Crippen LogP contribution in [0.3, 0.4) is 0 Å². The highest BCUT2D eigenvalue weighted by molar-refractivity contribution is 7.20. The molecule has 9 heteroatoms. The van der Waals surface area contributed by atoms with Crippen LogP contribution in [0, 0.1) is 0 Å². The minimum Gasteiger partial charge on any atom is -0.497 e. The quantitative estimate of drug-likeness (QED) is 0.550. The highest BCUT2D eigenvalue weighted by atomic mass is 32.1. The van der Waals surface area contributed by atoms with Crippen LogP contribution in [-0.4, -0.2) is 28.9 Å². The van der Waals surface area contributed by atoms with Crippen molar-refractivity contribution in [1.82, 2.24) is 9.97 Å². The Labute approximate surface area is 178 Å². The predicted octanol–water partition coefficient (Wildman–Crippen LogP) is 3.94. The van der Waals surface area contributed by atoms with Crippen LogP contribution >= 0.6 is 11.3 Å². The summed E-state index contributed by atoms with van der Waals surface area (Å²) in [5, 5.41) is 6.52. The Morgan fingerprint density at radius 3 is 2.43 bits per heavy atom. The van der Waals surface area contributed by atoms with Crippen LogP contribution in [0.25, 0.3) is 0 Å². The number of nitrogens with two attached hydrogens (primary N) is 1. The Morgan fingerprint density at radius 2 is 1.83 bits per heavy atom. The van der Waals surface area contributed by atoms with Crippen molar-refractivity contribution in [2.45, 2.75) is 26.2 Å². The standard InChI is InChI=1S/C21H23N5O3S/c1-21(2,3)13-9-14(11-23-10-13)24-20-25-16(17(22)27)19(30-20)26-18(28)12-5-7-15(29-4)8-6-12/h5-11H,1-4H3,(H2,22,27)(H,24,25)(H,26,28). The number of benzene rings is 1. The molecule has 0 unspecified atom stereocenters. The molecule has 4 N–H and O–H groups in total. The van der Waals surface area contributed by atoms with Crippen molar-refractivity contribution in [3.05, 3.63) is 59.5 Å². The molecule has 3 aromatic rings. The van der Waals surface area contributed by atoms with E-state index >= 15 is 0 Å². The van der Waals surface area contributed by atoms with Gasteiger partial charge >= 0.3 is 0 Å². The van der Waals surface area contributed by atoms with Gasteiger partial charge in [0.2, 0.25) is 0 Å². The third-order valence-electron chi connectivity index (χ3n) is 4.30. The van der Waals surface area contributed by atoms with E-state index in [1.54, 1.807) is 37.6 Å². The van der Waals surface area contributed by atoms with Gasteiger partial charge in [-0.1, -0.05) is 32.1 Å². The average molecular weight is 426 g/mol. The van der Waals surface area contributed by atoms with E-state index in [0.29, 0.717) is 16.4 Å². The minimum absolute atomic E-state index is 0.00991. The number of nitrogens with one attached hydrogen (secondary N) is 2. The number of nitrogens with zero attached hydrogens (tertiary/aromatic N) is 2. The summed E-state index contributed by atoms with van der Waals surface area (Å²) >= 11 is 1.12. The molecule has 0 bridgehead atoms. The van der Waals surface area contributed by atoms with Gasteiger partial charge in [0.1, 0.15) is 10.8 Å². The second-order valence-corrected chi connectivity index (χ2v) is 8.58. The number of carbonyl (C=O) groups excluding carboxylic acids is 2. The number of methoxy groups -OCH3 is 1. The van der Waals surface area contributed by atoms with Gasteiger partial charge in [-0.05, 0) is 41.3 Å². The number of aromatic nitrogens is 2. The lowest BCUT2D eigenvalue weighted by molar-refractivity contribution is 0.0997. The summed E-state index contributed by atoms with van der Waals surface area (Å²) in [4.78, 5) is 32.9. The molecule has 2 heterocycles. The number of carbonyl (C=O) groups is 2. The molecular formula is C21H23N5O3S. The first kappa shape index (κ1) is 21.3. The molecule has 0 saturated heterocycles. The first-order valence-electron chi connectivity index (χ1n) is 9.16. The second kappa shape index (κ2) is 8.50. The molecular weight excluding hydrogens is 402 g/mol. The summed E-state index contributed by atoms with van der Waals surface area (Å²) in [5.74, 6) is -0.475. The summed E-state index contributed by atoms with van der Waals surface area (Å²) in [6.07, 6.45) is 3.47. The number of hydrogen-bond acceptors (Lipinski definition) is 7. The van der Waals surface area contributed by atoms with Crippen molar-refractivity contribution in [3.63, 3.8) is 0 Å². The van der Waals surface area contributed by atoms with E-state index in [9.17, 15) is 9.59 Å². The maximum Gasteiger partial charge on any atom is 0.270 e. The Hall–Kier alpha value is -3.46. The van der Waals surface area contributed by atoms with E-state index < -0.39 is 5.91 Å². The third-order valence-corrected chi connectivity index (χ3v) is 5.18. The van der Waals surface area contributed by atoms with Gasteiger partial charge < -0.3 is 21.1 Å². The topological polar surface area (TPSA) is 119 Å². The van der Waals surface area contributed by atoms with Crippen molar-refractivity contribution < 1.29 is 14.3 Å². The van der Waals surface area contributed by atoms with Gasteiger partial charge in [0.15, 0.2) is 10.8 Å². The van der Waals surface area contributed by atoms with E-state index in [1.165, 1.54) is 0 Å². The maximum atomic E-state index is 12.6. The van der Waals surface area contributed by atoms with E-state index in [2.05, 4.69) is 41.4 Å². The molecule has 0 radical (unpaired) electrons. The first-order valence-corrected chi connectivity index (χ1v) is 9.97. The molecule has 0 saturated carbocycles. The lowest BCUT2D eigenvalue weighted by atomic mass is 9.88. The molecule has 2 aromatic heterocycles. The summed E-state index contributed by atoms with van der Waals surface area (Å²) < 4.78 is 5.09.